The van der Waals surface area contributed by atoms with Crippen molar-refractivity contribution in [3.63, 3.8) is 0 Å². The zero-order valence-electron chi connectivity index (χ0n) is 13.8. The molecule has 0 saturated heterocycles. The first-order valence-corrected chi connectivity index (χ1v) is 8.19. The lowest BCUT2D eigenvalue weighted by molar-refractivity contribution is -0.134. The quantitative estimate of drug-likeness (QED) is 0.861. The van der Waals surface area contributed by atoms with E-state index in [4.69, 9.17) is 4.74 Å². The number of aryl methyl sites for hydroxylation is 1. The molecule has 2 aromatic rings. The second-order valence-corrected chi connectivity index (χ2v) is 6.26. The largest absolute Gasteiger partial charge is 0.493 e. The van der Waals surface area contributed by atoms with Gasteiger partial charge in [-0.05, 0) is 43.5 Å². The number of hydrogen-bond donors (Lipinski definition) is 0. The molecule has 0 radical (unpaired) electrons. The molecule has 1 atom stereocenters. The van der Waals surface area contributed by atoms with E-state index in [1.165, 1.54) is 16.7 Å². The molecule has 120 valence electrons. The average Bonchev–Trinajstić information content (AvgIpc) is 2.56. The molecule has 0 spiro atoms. The van der Waals surface area contributed by atoms with Gasteiger partial charge >= 0.3 is 0 Å². The van der Waals surface area contributed by atoms with Crippen LogP contribution in [0.2, 0.25) is 0 Å². The molecule has 2 aromatic carbocycles. The van der Waals surface area contributed by atoms with E-state index in [1.807, 2.05) is 42.2 Å². The number of ether oxygens (including phenoxy) is 1. The summed E-state index contributed by atoms with van der Waals surface area (Å²) in [5.41, 5.74) is 3.83. The summed E-state index contributed by atoms with van der Waals surface area (Å²) in [6.07, 6.45) is 1.35. The summed E-state index contributed by atoms with van der Waals surface area (Å²) in [7, 11) is 0. The van der Waals surface area contributed by atoms with Crippen LogP contribution in [0.4, 0.5) is 0 Å². The third-order valence-electron chi connectivity index (χ3n) is 4.43. The number of carbonyl (C=O) groups is 1. The van der Waals surface area contributed by atoms with Crippen LogP contribution in [0.15, 0.2) is 48.5 Å². The van der Waals surface area contributed by atoms with Gasteiger partial charge in [0.1, 0.15) is 5.75 Å². The van der Waals surface area contributed by atoms with Crippen LogP contribution in [-0.4, -0.2) is 23.5 Å². The van der Waals surface area contributed by atoms with E-state index in [9.17, 15) is 4.79 Å². The van der Waals surface area contributed by atoms with Crippen LogP contribution < -0.4 is 4.74 Å². The van der Waals surface area contributed by atoms with Gasteiger partial charge in [0.2, 0.25) is 5.91 Å². The maximum absolute atomic E-state index is 12.5. The average molecular weight is 309 g/mol. The van der Waals surface area contributed by atoms with Gasteiger partial charge in [-0.2, -0.15) is 0 Å². The lowest BCUT2D eigenvalue weighted by Gasteiger charge is -2.35. The van der Waals surface area contributed by atoms with Crippen LogP contribution in [0, 0.1) is 6.92 Å². The summed E-state index contributed by atoms with van der Waals surface area (Å²) in [5.74, 6) is 0.986. The molecule has 0 saturated carbocycles. The second-order valence-electron chi connectivity index (χ2n) is 6.26. The summed E-state index contributed by atoms with van der Waals surface area (Å²) < 4.78 is 5.68. The fourth-order valence-corrected chi connectivity index (χ4v) is 3.05. The first kappa shape index (κ1) is 15.6. The van der Waals surface area contributed by atoms with Gasteiger partial charge in [0.05, 0.1) is 13.0 Å². The first-order chi connectivity index (χ1) is 11.1. The van der Waals surface area contributed by atoms with E-state index >= 15 is 0 Å². The van der Waals surface area contributed by atoms with Gasteiger partial charge in [0, 0.05) is 12.6 Å². The van der Waals surface area contributed by atoms with Gasteiger partial charge in [-0.3, -0.25) is 4.79 Å². The molecule has 0 aliphatic carbocycles. The monoisotopic (exact) mass is 309 g/mol. The Morgan fingerprint density at radius 2 is 1.83 bits per heavy atom. The van der Waals surface area contributed by atoms with Crippen LogP contribution >= 0.6 is 0 Å². The molecule has 1 aliphatic rings. The SMILES string of the molecule is Cc1ccc(OCCC(=O)N2Cc3ccccc3CC2C)cc1. The normalized spacial score (nSPS) is 16.8. The third kappa shape index (κ3) is 3.73. The van der Waals surface area contributed by atoms with Gasteiger partial charge in [-0.1, -0.05) is 42.0 Å². The minimum atomic E-state index is 0.166. The maximum Gasteiger partial charge on any atom is 0.226 e. The van der Waals surface area contributed by atoms with E-state index in [1.54, 1.807) is 0 Å². The van der Waals surface area contributed by atoms with Crippen LogP contribution in [0.1, 0.15) is 30.0 Å². The van der Waals surface area contributed by atoms with Crippen molar-refractivity contribution in [2.45, 2.75) is 39.3 Å². The molecule has 1 unspecified atom stereocenters. The minimum Gasteiger partial charge on any atom is -0.493 e. The summed E-state index contributed by atoms with van der Waals surface area (Å²) in [6, 6.07) is 16.5. The van der Waals surface area contributed by atoms with E-state index in [0.717, 1.165) is 12.2 Å². The Hall–Kier alpha value is -2.29. The molecule has 1 amide bonds. The van der Waals surface area contributed by atoms with Crippen LogP contribution in [-0.2, 0) is 17.8 Å². The number of hydrogen-bond acceptors (Lipinski definition) is 2. The Morgan fingerprint density at radius 3 is 2.57 bits per heavy atom. The number of amides is 1. The lowest BCUT2D eigenvalue weighted by Crippen LogP contribution is -2.43. The molecule has 0 N–H and O–H groups in total. The van der Waals surface area contributed by atoms with E-state index < -0.39 is 0 Å². The summed E-state index contributed by atoms with van der Waals surface area (Å²) in [6.45, 7) is 5.30. The number of rotatable bonds is 4. The molecular formula is C20H23NO2. The summed E-state index contributed by atoms with van der Waals surface area (Å²) in [4.78, 5) is 14.5. The second kappa shape index (κ2) is 6.86. The zero-order valence-corrected chi connectivity index (χ0v) is 13.8. The van der Waals surface area contributed by atoms with Crippen molar-refractivity contribution in [1.29, 1.82) is 0 Å². The maximum atomic E-state index is 12.5. The molecule has 1 aliphatic heterocycles. The Morgan fingerprint density at radius 1 is 1.13 bits per heavy atom. The zero-order chi connectivity index (χ0) is 16.2. The summed E-state index contributed by atoms with van der Waals surface area (Å²) in [5, 5.41) is 0. The Balaban J connectivity index is 1.55. The highest BCUT2D eigenvalue weighted by Crippen LogP contribution is 2.23. The fraction of sp³-hybridized carbons (Fsp3) is 0.350. The van der Waals surface area contributed by atoms with Crippen molar-refractivity contribution in [3.05, 3.63) is 65.2 Å². The fourth-order valence-electron chi connectivity index (χ4n) is 3.05. The van der Waals surface area contributed by atoms with Gasteiger partial charge < -0.3 is 9.64 Å². The number of nitrogens with zero attached hydrogens (tertiary/aromatic N) is 1. The van der Waals surface area contributed by atoms with Crippen molar-refractivity contribution in [2.75, 3.05) is 6.61 Å². The number of carbonyl (C=O) groups excluding carboxylic acids is 1. The first-order valence-electron chi connectivity index (χ1n) is 8.19. The van der Waals surface area contributed by atoms with Crippen molar-refractivity contribution in [2.24, 2.45) is 0 Å². The Kier molecular flexibility index (Phi) is 4.65. The van der Waals surface area contributed by atoms with Gasteiger partial charge in [0.25, 0.3) is 0 Å². The molecule has 1 heterocycles. The van der Waals surface area contributed by atoms with E-state index in [2.05, 4.69) is 25.1 Å². The third-order valence-corrected chi connectivity index (χ3v) is 4.43. The Labute approximate surface area is 137 Å². The molecule has 3 rings (SSSR count). The molecular weight excluding hydrogens is 286 g/mol. The Bertz CT molecular complexity index is 678. The van der Waals surface area contributed by atoms with E-state index in [0.29, 0.717) is 19.6 Å². The topological polar surface area (TPSA) is 29.5 Å². The van der Waals surface area contributed by atoms with Crippen LogP contribution in [0.25, 0.3) is 0 Å². The molecule has 0 fully saturated rings. The van der Waals surface area contributed by atoms with Gasteiger partial charge in [0.15, 0.2) is 0 Å². The minimum absolute atomic E-state index is 0.166. The highest BCUT2D eigenvalue weighted by molar-refractivity contribution is 5.77. The standard InChI is InChI=1S/C20H23NO2/c1-15-7-9-19(10-8-15)23-12-11-20(22)21-14-18-6-4-3-5-17(18)13-16(21)2/h3-10,16H,11-14H2,1-2H3. The highest BCUT2D eigenvalue weighted by atomic mass is 16.5. The van der Waals surface area contributed by atoms with Crippen LogP contribution in [0.3, 0.4) is 0 Å². The van der Waals surface area contributed by atoms with Crippen molar-refractivity contribution >= 4 is 5.91 Å². The molecule has 0 aromatic heterocycles. The molecule has 0 bridgehead atoms. The van der Waals surface area contributed by atoms with Crippen LogP contribution in [0.5, 0.6) is 5.75 Å². The molecule has 3 nitrogen and oxygen atoms in total. The van der Waals surface area contributed by atoms with Gasteiger partial charge in [-0.25, -0.2) is 0 Å². The molecule has 3 heteroatoms. The number of benzene rings is 2. The predicted octanol–water partition coefficient (Wildman–Crippen LogP) is 3.74. The van der Waals surface area contributed by atoms with Crippen molar-refractivity contribution in [3.8, 4) is 5.75 Å². The van der Waals surface area contributed by atoms with Crippen molar-refractivity contribution < 1.29 is 9.53 Å². The van der Waals surface area contributed by atoms with E-state index in [-0.39, 0.29) is 11.9 Å². The summed E-state index contributed by atoms with van der Waals surface area (Å²) >= 11 is 0. The smallest absolute Gasteiger partial charge is 0.226 e. The predicted molar refractivity (Wildman–Crippen MR) is 91.4 cm³/mol. The van der Waals surface area contributed by atoms with Gasteiger partial charge in [-0.15, -0.1) is 0 Å². The lowest BCUT2D eigenvalue weighted by atomic mass is 9.94. The van der Waals surface area contributed by atoms with Crippen molar-refractivity contribution in [1.82, 2.24) is 4.90 Å². The highest BCUT2D eigenvalue weighted by Gasteiger charge is 2.26. The molecule has 23 heavy (non-hydrogen) atoms. The number of fused-ring (bicyclic) bond motifs is 1.